The van der Waals surface area contributed by atoms with Gasteiger partial charge in [0.15, 0.2) is 0 Å². The van der Waals surface area contributed by atoms with Gasteiger partial charge in [-0.25, -0.2) is 0 Å². The molecule has 2 saturated carbocycles. The lowest BCUT2D eigenvalue weighted by molar-refractivity contribution is -0.172. The molecule has 0 aromatic rings. The van der Waals surface area contributed by atoms with Gasteiger partial charge in [-0.1, -0.05) is 27.2 Å². The Balaban J connectivity index is 2.19. The molecule has 2 fully saturated rings. The maximum absolute atomic E-state index is 11.1. The summed E-state index contributed by atoms with van der Waals surface area (Å²) in [4.78, 5) is 10.6. The Morgan fingerprint density at radius 3 is 2.42 bits per heavy atom. The van der Waals surface area contributed by atoms with Crippen LogP contribution >= 0.6 is 0 Å². The van der Waals surface area contributed by atoms with Gasteiger partial charge in [-0.3, -0.25) is 0 Å². The van der Waals surface area contributed by atoms with Crippen LogP contribution in [0.25, 0.3) is 0 Å². The summed E-state index contributed by atoms with van der Waals surface area (Å²) in [6.45, 7) is 11.0. The summed E-state index contributed by atoms with van der Waals surface area (Å²) in [5, 5.41) is 21.7. The van der Waals surface area contributed by atoms with Gasteiger partial charge in [0.25, 0.3) is 0 Å². The number of aldehydes is 1. The quantitative estimate of drug-likeness (QED) is 0.702. The van der Waals surface area contributed by atoms with Crippen LogP contribution in [0.5, 0.6) is 0 Å². The Morgan fingerprint density at radius 2 is 1.79 bits per heavy atom. The molecule has 0 aromatic carbocycles. The first-order chi connectivity index (χ1) is 10.9. The van der Waals surface area contributed by atoms with Crippen LogP contribution in [0, 0.1) is 22.7 Å². The lowest BCUT2D eigenvalue weighted by atomic mass is 9.45. The summed E-state index contributed by atoms with van der Waals surface area (Å²) in [7, 11) is 0. The first kappa shape index (κ1) is 19.9. The van der Waals surface area contributed by atoms with Gasteiger partial charge in [0, 0.05) is 6.42 Å². The highest BCUT2D eigenvalue weighted by atomic mass is 16.3. The zero-order valence-electron chi connectivity index (χ0n) is 16.4. The normalized spacial score (nSPS) is 41.3. The molecule has 0 bridgehead atoms. The lowest BCUT2D eigenvalue weighted by Crippen LogP contribution is -2.57. The SMILES string of the molecule is CC1(C)CCC[C@]2(C)C(CC[C@@](C)(O)CCC=O)[C@](C)(O)CC[C@@H]12. The van der Waals surface area contributed by atoms with Crippen LogP contribution in [0.2, 0.25) is 0 Å². The fourth-order valence-corrected chi connectivity index (χ4v) is 6.22. The summed E-state index contributed by atoms with van der Waals surface area (Å²) in [6.07, 6.45) is 8.94. The van der Waals surface area contributed by atoms with Crippen molar-refractivity contribution in [1.29, 1.82) is 0 Å². The van der Waals surface area contributed by atoms with Crippen LogP contribution in [0.3, 0.4) is 0 Å². The van der Waals surface area contributed by atoms with E-state index in [9.17, 15) is 15.0 Å². The summed E-state index contributed by atoms with van der Waals surface area (Å²) in [5.41, 5.74) is -0.990. The van der Waals surface area contributed by atoms with Crippen molar-refractivity contribution in [2.75, 3.05) is 0 Å². The molecule has 1 unspecified atom stereocenters. The third-order valence-corrected chi connectivity index (χ3v) is 7.53. The van der Waals surface area contributed by atoms with Crippen LogP contribution in [0.15, 0.2) is 0 Å². The number of rotatable bonds is 6. The molecule has 0 radical (unpaired) electrons. The van der Waals surface area contributed by atoms with E-state index in [-0.39, 0.29) is 11.3 Å². The van der Waals surface area contributed by atoms with Crippen LogP contribution in [0.4, 0.5) is 0 Å². The van der Waals surface area contributed by atoms with E-state index >= 15 is 0 Å². The van der Waals surface area contributed by atoms with E-state index in [4.69, 9.17) is 0 Å². The zero-order valence-corrected chi connectivity index (χ0v) is 16.4. The lowest BCUT2D eigenvalue weighted by Gasteiger charge is -2.61. The van der Waals surface area contributed by atoms with Crippen molar-refractivity contribution in [1.82, 2.24) is 0 Å². The highest BCUT2D eigenvalue weighted by molar-refractivity contribution is 5.49. The fraction of sp³-hybridized carbons (Fsp3) is 0.952. The van der Waals surface area contributed by atoms with Gasteiger partial charge in [0.2, 0.25) is 0 Å². The molecule has 0 aromatic heterocycles. The molecule has 2 N–H and O–H groups in total. The molecule has 0 saturated heterocycles. The molecule has 5 atom stereocenters. The highest BCUT2D eigenvalue weighted by Gasteiger charge is 2.57. The van der Waals surface area contributed by atoms with E-state index in [1.54, 1.807) is 0 Å². The largest absolute Gasteiger partial charge is 0.390 e. The molecular formula is C21H38O3. The second-order valence-electron chi connectivity index (χ2n) is 10.1. The second kappa shape index (κ2) is 6.72. The molecule has 0 heterocycles. The predicted molar refractivity (Wildman–Crippen MR) is 97.7 cm³/mol. The van der Waals surface area contributed by atoms with E-state index in [0.29, 0.717) is 30.6 Å². The van der Waals surface area contributed by atoms with Gasteiger partial charge < -0.3 is 15.0 Å². The van der Waals surface area contributed by atoms with Crippen LogP contribution in [0.1, 0.15) is 92.4 Å². The molecule has 3 heteroatoms. The third-order valence-electron chi connectivity index (χ3n) is 7.53. The van der Waals surface area contributed by atoms with Crippen molar-refractivity contribution in [2.45, 2.75) is 104 Å². The Kier molecular flexibility index (Phi) is 5.57. The van der Waals surface area contributed by atoms with Crippen molar-refractivity contribution in [3.05, 3.63) is 0 Å². The van der Waals surface area contributed by atoms with E-state index in [0.717, 1.165) is 25.5 Å². The zero-order chi connectivity index (χ0) is 18.2. The van der Waals surface area contributed by atoms with Gasteiger partial charge in [-0.05, 0) is 81.5 Å². The molecule has 140 valence electrons. The average molecular weight is 339 g/mol. The van der Waals surface area contributed by atoms with E-state index < -0.39 is 11.2 Å². The van der Waals surface area contributed by atoms with Crippen molar-refractivity contribution in [2.24, 2.45) is 22.7 Å². The van der Waals surface area contributed by atoms with Crippen molar-refractivity contribution >= 4 is 6.29 Å². The van der Waals surface area contributed by atoms with Crippen molar-refractivity contribution < 1.29 is 15.0 Å². The minimum atomic E-state index is -0.815. The van der Waals surface area contributed by atoms with Gasteiger partial charge in [-0.2, -0.15) is 0 Å². The predicted octanol–water partition coefficient (Wildman–Crippen LogP) is 4.49. The topological polar surface area (TPSA) is 57.5 Å². The van der Waals surface area contributed by atoms with Gasteiger partial charge >= 0.3 is 0 Å². The Bertz CT molecular complexity index is 452. The molecule has 2 aliphatic rings. The summed E-state index contributed by atoms with van der Waals surface area (Å²) in [6, 6.07) is 0. The summed E-state index contributed by atoms with van der Waals surface area (Å²) >= 11 is 0. The number of aliphatic hydroxyl groups is 2. The second-order valence-corrected chi connectivity index (χ2v) is 10.1. The maximum Gasteiger partial charge on any atom is 0.120 e. The van der Waals surface area contributed by atoms with Crippen LogP contribution in [-0.4, -0.2) is 27.7 Å². The molecule has 0 aliphatic heterocycles. The molecule has 0 spiro atoms. The van der Waals surface area contributed by atoms with Crippen LogP contribution in [-0.2, 0) is 4.79 Å². The van der Waals surface area contributed by atoms with Gasteiger partial charge in [0.1, 0.15) is 6.29 Å². The van der Waals surface area contributed by atoms with Gasteiger partial charge in [0.05, 0.1) is 11.2 Å². The molecule has 3 nitrogen and oxygen atoms in total. The summed E-state index contributed by atoms with van der Waals surface area (Å²) < 4.78 is 0. The van der Waals surface area contributed by atoms with Crippen LogP contribution < -0.4 is 0 Å². The average Bonchev–Trinajstić information content (AvgIpc) is 2.42. The molecule has 24 heavy (non-hydrogen) atoms. The highest BCUT2D eigenvalue weighted by Crippen LogP contribution is 2.63. The third kappa shape index (κ3) is 3.88. The van der Waals surface area contributed by atoms with E-state index in [2.05, 4.69) is 20.8 Å². The van der Waals surface area contributed by atoms with Crippen molar-refractivity contribution in [3.8, 4) is 0 Å². The molecule has 2 rings (SSSR count). The standard InChI is InChI=1S/C21H38O3/c1-18(2)10-6-12-20(4)16(18)9-14-21(5,24)17(20)8-13-19(3,23)11-7-15-22/h15-17,23-24H,6-14H2,1-5H3/t16-,17?,19-,20-,21+/m0/s1. The monoisotopic (exact) mass is 338 g/mol. The number of carbonyl (C=O) groups is 1. The Morgan fingerprint density at radius 1 is 1.12 bits per heavy atom. The van der Waals surface area contributed by atoms with E-state index in [1.807, 2.05) is 13.8 Å². The minimum Gasteiger partial charge on any atom is -0.390 e. The fourth-order valence-electron chi connectivity index (χ4n) is 6.22. The first-order valence-electron chi connectivity index (χ1n) is 9.83. The number of hydrogen-bond acceptors (Lipinski definition) is 3. The number of hydrogen-bond donors (Lipinski definition) is 2. The Hall–Kier alpha value is -0.410. The molecule has 2 aliphatic carbocycles. The number of carbonyl (C=O) groups excluding carboxylic acids is 1. The Labute approximate surface area is 148 Å². The maximum atomic E-state index is 11.1. The van der Waals surface area contributed by atoms with Crippen molar-refractivity contribution in [3.63, 3.8) is 0 Å². The summed E-state index contributed by atoms with van der Waals surface area (Å²) in [5.74, 6) is 0.856. The molecule has 0 amide bonds. The molecular weight excluding hydrogens is 300 g/mol. The van der Waals surface area contributed by atoms with Gasteiger partial charge in [-0.15, -0.1) is 0 Å². The first-order valence-corrected chi connectivity index (χ1v) is 9.83. The smallest absolute Gasteiger partial charge is 0.120 e. The minimum absolute atomic E-state index is 0.143. The number of fused-ring (bicyclic) bond motifs is 1. The van der Waals surface area contributed by atoms with E-state index in [1.165, 1.54) is 19.3 Å².